The standard InChI is InChI=1S/C14H17NO3/c16-13(17)5-1-3-10-6-7-11-4-2-8-15-14(18)12(11)9-10/h6-7,9H,1-5,8H2,(H,15,18)(H,16,17). The van der Waals surface area contributed by atoms with E-state index in [1.165, 1.54) is 0 Å². The molecule has 0 aromatic heterocycles. The molecule has 0 saturated carbocycles. The topological polar surface area (TPSA) is 66.4 Å². The van der Waals surface area contributed by atoms with Crippen LogP contribution in [0.5, 0.6) is 0 Å². The van der Waals surface area contributed by atoms with Crippen LogP contribution >= 0.6 is 0 Å². The Balaban J connectivity index is 2.10. The average Bonchev–Trinajstić information content (AvgIpc) is 2.51. The number of carbonyl (C=O) groups excluding carboxylic acids is 1. The van der Waals surface area contributed by atoms with Gasteiger partial charge < -0.3 is 10.4 Å². The maximum atomic E-state index is 11.8. The predicted octanol–water partition coefficient (Wildman–Crippen LogP) is 1.77. The molecule has 0 spiro atoms. The first kappa shape index (κ1) is 12.6. The van der Waals surface area contributed by atoms with Gasteiger partial charge in [-0.15, -0.1) is 0 Å². The van der Waals surface area contributed by atoms with Gasteiger partial charge in [0.25, 0.3) is 5.91 Å². The molecular formula is C14H17NO3. The molecule has 18 heavy (non-hydrogen) atoms. The molecule has 0 atom stereocenters. The van der Waals surface area contributed by atoms with E-state index in [9.17, 15) is 9.59 Å². The van der Waals surface area contributed by atoms with E-state index in [0.717, 1.165) is 36.1 Å². The van der Waals surface area contributed by atoms with Gasteiger partial charge in [0.15, 0.2) is 0 Å². The van der Waals surface area contributed by atoms with Gasteiger partial charge in [-0.3, -0.25) is 9.59 Å². The van der Waals surface area contributed by atoms with Crippen LogP contribution in [0.25, 0.3) is 0 Å². The summed E-state index contributed by atoms with van der Waals surface area (Å²) in [4.78, 5) is 22.3. The third-order valence-electron chi connectivity index (χ3n) is 3.18. The molecule has 0 fully saturated rings. The number of hydrogen-bond acceptors (Lipinski definition) is 2. The molecule has 96 valence electrons. The molecule has 1 aliphatic heterocycles. The zero-order valence-electron chi connectivity index (χ0n) is 10.2. The summed E-state index contributed by atoms with van der Waals surface area (Å²) >= 11 is 0. The molecule has 4 nitrogen and oxygen atoms in total. The van der Waals surface area contributed by atoms with E-state index in [1.807, 2.05) is 18.2 Å². The number of benzene rings is 1. The van der Waals surface area contributed by atoms with E-state index < -0.39 is 5.97 Å². The summed E-state index contributed by atoms with van der Waals surface area (Å²) in [7, 11) is 0. The largest absolute Gasteiger partial charge is 0.481 e. The number of nitrogens with one attached hydrogen (secondary N) is 1. The summed E-state index contributed by atoms with van der Waals surface area (Å²) in [5.74, 6) is -0.787. The van der Waals surface area contributed by atoms with Crippen LogP contribution in [0.3, 0.4) is 0 Å². The lowest BCUT2D eigenvalue weighted by atomic mass is 9.98. The normalized spacial score (nSPS) is 14.6. The molecule has 2 N–H and O–H groups in total. The van der Waals surface area contributed by atoms with Crippen molar-refractivity contribution in [3.8, 4) is 0 Å². The molecule has 1 heterocycles. The first-order valence-electron chi connectivity index (χ1n) is 6.28. The van der Waals surface area contributed by atoms with Crippen LogP contribution in [0.1, 0.15) is 40.7 Å². The van der Waals surface area contributed by atoms with E-state index in [1.54, 1.807) is 0 Å². The first-order valence-corrected chi connectivity index (χ1v) is 6.28. The molecule has 1 aliphatic rings. The highest BCUT2D eigenvalue weighted by atomic mass is 16.4. The van der Waals surface area contributed by atoms with Crippen LogP contribution in [-0.4, -0.2) is 23.5 Å². The molecular weight excluding hydrogens is 230 g/mol. The van der Waals surface area contributed by atoms with E-state index in [0.29, 0.717) is 12.8 Å². The van der Waals surface area contributed by atoms with Crippen LogP contribution in [0.15, 0.2) is 18.2 Å². The minimum Gasteiger partial charge on any atom is -0.481 e. The van der Waals surface area contributed by atoms with E-state index >= 15 is 0 Å². The van der Waals surface area contributed by atoms with Gasteiger partial charge in [-0.05, 0) is 42.9 Å². The molecule has 0 saturated heterocycles. The number of carbonyl (C=O) groups is 2. The number of aliphatic carboxylic acids is 1. The lowest BCUT2D eigenvalue weighted by Crippen LogP contribution is -2.22. The highest BCUT2D eigenvalue weighted by Crippen LogP contribution is 2.17. The number of aryl methyl sites for hydroxylation is 2. The molecule has 0 bridgehead atoms. The summed E-state index contributed by atoms with van der Waals surface area (Å²) < 4.78 is 0. The molecule has 4 heteroatoms. The quantitative estimate of drug-likeness (QED) is 0.852. The minimum absolute atomic E-state index is 0.0115. The van der Waals surface area contributed by atoms with E-state index in [4.69, 9.17) is 5.11 Å². The number of hydrogen-bond donors (Lipinski definition) is 2. The monoisotopic (exact) mass is 247 g/mol. The number of fused-ring (bicyclic) bond motifs is 1. The van der Waals surface area contributed by atoms with Crippen LogP contribution in [0.4, 0.5) is 0 Å². The fourth-order valence-electron chi connectivity index (χ4n) is 2.23. The van der Waals surface area contributed by atoms with Crippen LogP contribution in [0, 0.1) is 0 Å². The van der Waals surface area contributed by atoms with Gasteiger partial charge in [-0.1, -0.05) is 12.1 Å². The second-order valence-electron chi connectivity index (χ2n) is 4.60. The second kappa shape index (κ2) is 5.67. The average molecular weight is 247 g/mol. The molecule has 1 aromatic rings. The van der Waals surface area contributed by atoms with Crippen LogP contribution < -0.4 is 5.32 Å². The summed E-state index contributed by atoms with van der Waals surface area (Å²) in [5.41, 5.74) is 2.87. The maximum absolute atomic E-state index is 11.8. The fourth-order valence-corrected chi connectivity index (χ4v) is 2.23. The van der Waals surface area contributed by atoms with Gasteiger partial charge in [-0.25, -0.2) is 0 Å². The number of carboxylic acid groups (broad SMARTS) is 1. The smallest absolute Gasteiger partial charge is 0.303 e. The van der Waals surface area contributed by atoms with Crippen molar-refractivity contribution in [3.63, 3.8) is 0 Å². The highest BCUT2D eigenvalue weighted by Gasteiger charge is 2.15. The molecule has 2 rings (SSSR count). The Hall–Kier alpha value is -1.84. The van der Waals surface area contributed by atoms with Gasteiger partial charge in [0.05, 0.1) is 0 Å². The van der Waals surface area contributed by atoms with E-state index in [2.05, 4.69) is 5.32 Å². The van der Waals surface area contributed by atoms with Crippen molar-refractivity contribution in [1.29, 1.82) is 0 Å². The van der Waals surface area contributed by atoms with Crippen molar-refractivity contribution in [2.24, 2.45) is 0 Å². The molecule has 1 amide bonds. The van der Waals surface area contributed by atoms with Crippen molar-refractivity contribution in [2.75, 3.05) is 6.54 Å². The number of rotatable bonds is 4. The van der Waals surface area contributed by atoms with Crippen molar-refractivity contribution in [1.82, 2.24) is 5.32 Å². The van der Waals surface area contributed by atoms with Crippen molar-refractivity contribution in [3.05, 3.63) is 34.9 Å². The molecule has 1 aromatic carbocycles. The SMILES string of the molecule is O=C(O)CCCc1ccc2c(c1)C(=O)NCCC2. The van der Waals surface area contributed by atoms with Crippen molar-refractivity contribution >= 4 is 11.9 Å². The number of carboxylic acids is 1. The third-order valence-corrected chi connectivity index (χ3v) is 3.18. The van der Waals surface area contributed by atoms with Crippen LogP contribution in [-0.2, 0) is 17.6 Å². The Bertz CT molecular complexity index is 468. The summed E-state index contributed by atoms with van der Waals surface area (Å²) in [6.07, 6.45) is 3.37. The Morgan fingerprint density at radius 3 is 3.00 bits per heavy atom. The van der Waals surface area contributed by atoms with Gasteiger partial charge >= 0.3 is 5.97 Å². The molecule has 0 radical (unpaired) electrons. The van der Waals surface area contributed by atoms with Crippen molar-refractivity contribution < 1.29 is 14.7 Å². The van der Waals surface area contributed by atoms with Crippen molar-refractivity contribution in [2.45, 2.75) is 32.1 Å². The summed E-state index contributed by atoms with van der Waals surface area (Å²) in [6, 6.07) is 5.90. The first-order chi connectivity index (χ1) is 8.66. The highest BCUT2D eigenvalue weighted by molar-refractivity contribution is 5.96. The van der Waals surface area contributed by atoms with Gasteiger partial charge in [0.1, 0.15) is 0 Å². The van der Waals surface area contributed by atoms with Gasteiger partial charge in [0, 0.05) is 18.5 Å². The molecule has 0 aliphatic carbocycles. The lowest BCUT2D eigenvalue weighted by Gasteiger charge is -2.07. The van der Waals surface area contributed by atoms with E-state index in [-0.39, 0.29) is 12.3 Å². The maximum Gasteiger partial charge on any atom is 0.303 e. The molecule has 0 unspecified atom stereocenters. The van der Waals surface area contributed by atoms with Gasteiger partial charge in [-0.2, -0.15) is 0 Å². The Morgan fingerprint density at radius 2 is 2.22 bits per heavy atom. The summed E-state index contributed by atoms with van der Waals surface area (Å²) in [6.45, 7) is 0.724. The van der Waals surface area contributed by atoms with Crippen LogP contribution in [0.2, 0.25) is 0 Å². The Labute approximate surface area is 106 Å². The third kappa shape index (κ3) is 3.09. The Morgan fingerprint density at radius 1 is 1.39 bits per heavy atom. The Kier molecular flexibility index (Phi) is 3.97. The predicted molar refractivity (Wildman–Crippen MR) is 67.7 cm³/mol. The fraction of sp³-hybridized carbons (Fsp3) is 0.429. The second-order valence-corrected chi connectivity index (χ2v) is 4.60. The minimum atomic E-state index is -0.775. The zero-order valence-corrected chi connectivity index (χ0v) is 10.2. The zero-order chi connectivity index (χ0) is 13.0. The number of amides is 1. The lowest BCUT2D eigenvalue weighted by molar-refractivity contribution is -0.137. The van der Waals surface area contributed by atoms with Gasteiger partial charge in [0.2, 0.25) is 0 Å². The summed E-state index contributed by atoms with van der Waals surface area (Å²) in [5, 5.41) is 11.5.